The van der Waals surface area contributed by atoms with Crippen LogP contribution in [0.4, 0.5) is 0 Å². The van der Waals surface area contributed by atoms with Gasteiger partial charge in [0.1, 0.15) is 0 Å². The van der Waals surface area contributed by atoms with Crippen molar-refractivity contribution in [1.82, 2.24) is 0 Å². The first-order valence-corrected chi connectivity index (χ1v) is 4.13. The average Bonchev–Trinajstić information content (AvgIpc) is 1.63. The molecule has 0 rings (SSSR count). The van der Waals surface area contributed by atoms with E-state index >= 15 is 0 Å². The summed E-state index contributed by atoms with van der Waals surface area (Å²) >= 11 is -3.64. The number of hydrogen-bond acceptors (Lipinski definition) is 3. The molecule has 0 saturated heterocycles. The van der Waals surface area contributed by atoms with E-state index in [2.05, 4.69) is 3.32 Å². The van der Waals surface area contributed by atoms with Crippen LogP contribution in [-0.2, 0) is 30.1 Å². The van der Waals surface area contributed by atoms with Crippen molar-refractivity contribution in [1.29, 1.82) is 0 Å². The third kappa shape index (κ3) is 4.41. The van der Waals surface area contributed by atoms with Gasteiger partial charge in [-0.2, -0.15) is 0 Å². The van der Waals surface area contributed by atoms with E-state index in [0.717, 1.165) is 0 Å². The van der Waals surface area contributed by atoms with Crippen LogP contribution in [0.3, 0.4) is 0 Å². The Morgan fingerprint density at radius 1 is 1.78 bits per heavy atom. The van der Waals surface area contributed by atoms with E-state index in [1.165, 1.54) is 6.92 Å². The maximum atomic E-state index is 9.89. The molecule has 2 N–H and O–H groups in total. The molecule has 0 aliphatic carbocycles. The summed E-state index contributed by atoms with van der Waals surface area (Å²) in [5.74, 6) is -1.23. The van der Waals surface area contributed by atoms with E-state index < -0.39 is 30.7 Å². The Hall–Kier alpha value is -0.0957. The second-order valence-electron chi connectivity index (χ2n) is 1.36. The predicted molar refractivity (Wildman–Crippen MR) is 21.1 cm³/mol. The van der Waals surface area contributed by atoms with Gasteiger partial charge >= 0.3 is 57.8 Å². The van der Waals surface area contributed by atoms with E-state index in [1.54, 1.807) is 0 Å². The van der Waals surface area contributed by atoms with Crippen molar-refractivity contribution in [3.8, 4) is 0 Å². The van der Waals surface area contributed by atoms with Crippen LogP contribution < -0.4 is 0 Å². The Bertz CT molecular complexity index is 132. The fourth-order valence-electron chi connectivity index (χ4n) is 0.202. The van der Waals surface area contributed by atoms with Gasteiger partial charge in [0.25, 0.3) is 0 Å². The van der Waals surface area contributed by atoms with E-state index in [0.29, 0.717) is 0 Å². The third-order valence-corrected chi connectivity index (χ3v) is 1.49. The summed E-state index contributed by atoms with van der Waals surface area (Å²) in [6.45, 7) is 1.20. The summed E-state index contributed by atoms with van der Waals surface area (Å²) in [7, 11) is 0. The first-order chi connectivity index (χ1) is 4.04. The molecule has 0 amide bonds. The molecule has 0 bridgehead atoms. The number of carboxylic acid groups (broad SMARTS) is 1. The van der Waals surface area contributed by atoms with Crippen LogP contribution in [0.25, 0.3) is 0 Å². The van der Waals surface area contributed by atoms with Crippen molar-refractivity contribution in [2.75, 3.05) is 0 Å². The third-order valence-electron chi connectivity index (χ3n) is 0.625. The number of rotatable bonds is 3. The molecule has 52 valence electrons. The molecule has 0 aliphatic heterocycles. The second-order valence-corrected chi connectivity index (χ2v) is 2.56. The van der Waals surface area contributed by atoms with Gasteiger partial charge < -0.3 is 0 Å². The van der Waals surface area contributed by atoms with Gasteiger partial charge in [0, 0.05) is 0 Å². The van der Waals surface area contributed by atoms with Crippen LogP contribution in [0, 0.1) is 0 Å². The topological polar surface area (TPSA) is 83.8 Å². The number of hydrogen-bond donors (Lipinski definition) is 2. The van der Waals surface area contributed by atoms with Gasteiger partial charge in [0.05, 0.1) is 0 Å². The second kappa shape index (κ2) is 3.84. The fourth-order valence-corrected chi connectivity index (χ4v) is 0.831. The van der Waals surface area contributed by atoms with Gasteiger partial charge in [0.2, 0.25) is 0 Å². The Balaban J connectivity index is 3.63. The molecule has 1 unspecified atom stereocenters. The monoisotopic (exact) mass is 170 g/mol. The first kappa shape index (κ1) is 8.90. The number of aliphatic carboxylic acids is 1. The van der Waals surface area contributed by atoms with Gasteiger partial charge in [0.15, 0.2) is 0 Å². The molecule has 5 nitrogen and oxygen atoms in total. The van der Waals surface area contributed by atoms with E-state index in [-0.39, 0.29) is 0 Å². The summed E-state index contributed by atoms with van der Waals surface area (Å²) in [6.07, 6.45) is -1.18. The van der Waals surface area contributed by atoms with Gasteiger partial charge in [-0.05, 0) is 0 Å². The van der Waals surface area contributed by atoms with E-state index in [1.807, 2.05) is 0 Å². The molecule has 6 heteroatoms. The van der Waals surface area contributed by atoms with Gasteiger partial charge in [-0.1, -0.05) is 0 Å². The molecule has 0 aromatic carbocycles. The van der Waals surface area contributed by atoms with Crippen LogP contribution in [-0.4, -0.2) is 20.9 Å². The predicted octanol–water partition coefficient (Wildman–Crippen LogP) is -0.738. The van der Waals surface area contributed by atoms with Crippen molar-refractivity contribution in [3.63, 3.8) is 0 Å². The zero-order chi connectivity index (χ0) is 7.44. The minimum absolute atomic E-state index is 1.18. The van der Waals surface area contributed by atoms with Gasteiger partial charge in [-0.25, -0.2) is 0 Å². The van der Waals surface area contributed by atoms with Crippen LogP contribution in [0.2, 0.25) is 0 Å². The molecule has 0 radical (unpaired) electrons. The molecule has 0 aromatic heterocycles. The number of carbonyl (C=O) groups is 1. The Morgan fingerprint density at radius 2 is 2.22 bits per heavy atom. The molecular formula is C3H6O5Ti. The van der Waals surface area contributed by atoms with Crippen molar-refractivity contribution in [2.45, 2.75) is 13.0 Å². The quantitative estimate of drug-likeness (QED) is 0.545. The molecule has 0 fully saturated rings. The number of carboxylic acids is 1. The summed E-state index contributed by atoms with van der Waals surface area (Å²) in [4.78, 5) is 9.89. The molecule has 0 aliphatic rings. The molecule has 0 heterocycles. The summed E-state index contributed by atoms with van der Waals surface area (Å²) in [5.41, 5.74) is 0. The molecule has 0 spiro atoms. The van der Waals surface area contributed by atoms with Gasteiger partial charge in [-0.3, -0.25) is 0 Å². The zero-order valence-electron chi connectivity index (χ0n) is 4.70. The Kier molecular flexibility index (Phi) is 3.80. The van der Waals surface area contributed by atoms with Crippen LogP contribution in [0.15, 0.2) is 0 Å². The van der Waals surface area contributed by atoms with Gasteiger partial charge in [-0.15, -0.1) is 0 Å². The summed E-state index contributed by atoms with van der Waals surface area (Å²) in [6, 6.07) is 0. The fraction of sp³-hybridized carbons (Fsp3) is 0.667. The molecule has 0 aromatic rings. The van der Waals surface area contributed by atoms with Crippen molar-refractivity contribution in [3.05, 3.63) is 0 Å². The summed E-state index contributed by atoms with van der Waals surface area (Å²) in [5, 5.41) is 8.08. The zero-order valence-corrected chi connectivity index (χ0v) is 6.26. The van der Waals surface area contributed by atoms with Crippen molar-refractivity contribution in [2.24, 2.45) is 0 Å². The van der Waals surface area contributed by atoms with Crippen molar-refractivity contribution >= 4 is 5.97 Å². The first-order valence-electron chi connectivity index (χ1n) is 2.16. The Labute approximate surface area is 58.4 Å². The minimum atomic E-state index is -3.64. The molecule has 1 atom stereocenters. The van der Waals surface area contributed by atoms with Crippen molar-refractivity contribution < 1.29 is 38.8 Å². The normalized spacial score (nSPS) is 12.7. The summed E-state index contributed by atoms with van der Waals surface area (Å²) < 4.78 is 22.1. The molecular weight excluding hydrogens is 164 g/mol. The maximum absolute atomic E-state index is 9.89. The SMILES string of the molecule is CC([O][Ti](=[O])[OH])C(=O)O. The van der Waals surface area contributed by atoms with Crippen LogP contribution >= 0.6 is 0 Å². The van der Waals surface area contributed by atoms with Crippen LogP contribution in [0.5, 0.6) is 0 Å². The average molecular weight is 170 g/mol. The molecule has 9 heavy (non-hydrogen) atoms. The molecule has 0 saturated carbocycles. The van der Waals surface area contributed by atoms with Crippen LogP contribution in [0.1, 0.15) is 6.92 Å². The Morgan fingerprint density at radius 3 is 2.33 bits per heavy atom. The standard InChI is InChI=1S/C3H5O3.H2O.O.Ti/c1-2(4)3(5)6;;;/h2H,1H3,(H,5,6);1H2;;/q-1;;;+2/p-1. The van der Waals surface area contributed by atoms with E-state index in [4.69, 9.17) is 8.79 Å². The van der Waals surface area contributed by atoms with E-state index in [9.17, 15) is 8.12 Å².